The zero-order valence-electron chi connectivity index (χ0n) is 12.9. The van der Waals surface area contributed by atoms with Gasteiger partial charge in [-0.1, -0.05) is 37.3 Å². The molecule has 2 saturated heterocycles. The monoisotopic (exact) mass is 290 g/mol. The van der Waals surface area contributed by atoms with E-state index in [2.05, 4.69) is 19.1 Å². The maximum absolute atomic E-state index is 11.2. The normalized spacial score (nSPS) is 32.2. The van der Waals surface area contributed by atoms with Crippen molar-refractivity contribution in [3.63, 3.8) is 0 Å². The van der Waals surface area contributed by atoms with Gasteiger partial charge in [-0.25, -0.2) is 0 Å². The molecule has 3 atom stereocenters. The lowest BCUT2D eigenvalue weighted by atomic mass is 9.71. The van der Waals surface area contributed by atoms with Gasteiger partial charge in [0, 0.05) is 26.1 Å². The van der Waals surface area contributed by atoms with E-state index in [0.29, 0.717) is 6.61 Å². The number of ether oxygens (including phenoxy) is 2. The molecule has 2 heterocycles. The largest absolute Gasteiger partial charge is 0.389 e. The van der Waals surface area contributed by atoms with Crippen LogP contribution in [-0.4, -0.2) is 36.1 Å². The highest BCUT2D eigenvalue weighted by Crippen LogP contribution is 2.42. The molecule has 1 aromatic rings. The highest BCUT2D eigenvalue weighted by atomic mass is 16.6. The first kappa shape index (κ1) is 15.0. The van der Waals surface area contributed by atoms with E-state index in [-0.39, 0.29) is 11.5 Å². The summed E-state index contributed by atoms with van der Waals surface area (Å²) in [5.74, 6) is 0.290. The number of hydrogen-bond donors (Lipinski definition) is 1. The zero-order chi connectivity index (χ0) is 14.8. The maximum atomic E-state index is 11.2. The summed E-state index contributed by atoms with van der Waals surface area (Å²) in [6.07, 6.45) is 4.34. The van der Waals surface area contributed by atoms with Crippen LogP contribution in [0.5, 0.6) is 0 Å². The van der Waals surface area contributed by atoms with E-state index in [1.54, 1.807) is 0 Å². The quantitative estimate of drug-likeness (QED) is 0.926. The lowest BCUT2D eigenvalue weighted by Crippen LogP contribution is -2.49. The molecule has 2 aliphatic heterocycles. The third-order valence-corrected chi connectivity index (χ3v) is 5.29. The van der Waals surface area contributed by atoms with E-state index >= 15 is 0 Å². The van der Waals surface area contributed by atoms with E-state index in [4.69, 9.17) is 9.47 Å². The fourth-order valence-electron chi connectivity index (χ4n) is 3.86. The summed E-state index contributed by atoms with van der Waals surface area (Å²) in [6, 6.07) is 10.3. The molecule has 21 heavy (non-hydrogen) atoms. The Morgan fingerprint density at radius 2 is 2.10 bits per heavy atom. The standard InChI is InChI=1S/C18H26O3/c1-2-18(19,12-15-6-4-3-5-7-15)16-8-10-21-17(13-16)9-11-20-14-17/h3-7,16,19H,2,8-14H2,1H3. The zero-order valence-corrected chi connectivity index (χ0v) is 12.9. The summed E-state index contributed by atoms with van der Waals surface area (Å²) >= 11 is 0. The Bertz CT molecular complexity index is 453. The van der Waals surface area contributed by atoms with Crippen molar-refractivity contribution in [1.82, 2.24) is 0 Å². The van der Waals surface area contributed by atoms with Crippen LogP contribution in [0.2, 0.25) is 0 Å². The molecule has 116 valence electrons. The highest BCUT2D eigenvalue weighted by molar-refractivity contribution is 5.18. The predicted octanol–water partition coefficient (Wildman–Crippen LogP) is 2.96. The molecule has 2 fully saturated rings. The third kappa shape index (κ3) is 3.15. The Kier molecular flexibility index (Phi) is 4.34. The summed E-state index contributed by atoms with van der Waals surface area (Å²) in [4.78, 5) is 0. The van der Waals surface area contributed by atoms with Crippen molar-refractivity contribution < 1.29 is 14.6 Å². The van der Waals surface area contributed by atoms with Crippen molar-refractivity contribution in [2.75, 3.05) is 19.8 Å². The molecule has 1 N–H and O–H groups in total. The molecule has 0 aromatic heterocycles. The van der Waals surface area contributed by atoms with Crippen LogP contribution in [-0.2, 0) is 15.9 Å². The van der Waals surface area contributed by atoms with Gasteiger partial charge in [0.15, 0.2) is 0 Å². The SMILES string of the molecule is CCC(O)(Cc1ccccc1)C1CCOC2(CCOC2)C1. The van der Waals surface area contributed by atoms with Gasteiger partial charge in [-0.05, 0) is 30.7 Å². The molecular formula is C18H26O3. The molecule has 0 radical (unpaired) electrons. The molecule has 3 unspecified atom stereocenters. The molecule has 0 aliphatic carbocycles. The minimum Gasteiger partial charge on any atom is -0.389 e. The number of aliphatic hydroxyl groups is 1. The van der Waals surface area contributed by atoms with Gasteiger partial charge in [-0.15, -0.1) is 0 Å². The van der Waals surface area contributed by atoms with Gasteiger partial charge in [-0.2, -0.15) is 0 Å². The van der Waals surface area contributed by atoms with Gasteiger partial charge in [0.05, 0.1) is 17.8 Å². The van der Waals surface area contributed by atoms with Crippen molar-refractivity contribution >= 4 is 0 Å². The van der Waals surface area contributed by atoms with Gasteiger partial charge in [-0.3, -0.25) is 0 Å². The molecule has 0 amide bonds. The molecule has 3 heteroatoms. The average Bonchev–Trinajstić information content (AvgIpc) is 2.96. The summed E-state index contributed by atoms with van der Waals surface area (Å²) in [7, 11) is 0. The Labute approximate surface area is 127 Å². The topological polar surface area (TPSA) is 38.7 Å². The Morgan fingerprint density at radius 3 is 2.76 bits per heavy atom. The molecule has 0 bridgehead atoms. The third-order valence-electron chi connectivity index (χ3n) is 5.29. The van der Waals surface area contributed by atoms with Crippen LogP contribution in [0.3, 0.4) is 0 Å². The first-order valence-electron chi connectivity index (χ1n) is 8.14. The van der Waals surface area contributed by atoms with Gasteiger partial charge >= 0.3 is 0 Å². The summed E-state index contributed by atoms with van der Waals surface area (Å²) in [6.45, 7) is 4.31. The lowest BCUT2D eigenvalue weighted by molar-refractivity contribution is -0.143. The smallest absolute Gasteiger partial charge is 0.0940 e. The minimum atomic E-state index is -0.638. The van der Waals surface area contributed by atoms with Crippen LogP contribution in [0.4, 0.5) is 0 Å². The Morgan fingerprint density at radius 1 is 1.29 bits per heavy atom. The second-order valence-electron chi connectivity index (χ2n) is 6.64. The van der Waals surface area contributed by atoms with Gasteiger partial charge in [0.1, 0.15) is 0 Å². The number of rotatable bonds is 4. The second-order valence-corrected chi connectivity index (χ2v) is 6.64. The van der Waals surface area contributed by atoms with Gasteiger partial charge < -0.3 is 14.6 Å². The summed E-state index contributed by atoms with van der Waals surface area (Å²) < 4.78 is 11.6. The molecule has 3 rings (SSSR count). The molecule has 0 saturated carbocycles. The maximum Gasteiger partial charge on any atom is 0.0940 e. The van der Waals surface area contributed by atoms with E-state index in [0.717, 1.165) is 45.3 Å². The van der Waals surface area contributed by atoms with Crippen LogP contribution >= 0.6 is 0 Å². The molecule has 1 aromatic carbocycles. The Balaban J connectivity index is 1.75. The molecule has 1 spiro atoms. The fraction of sp³-hybridized carbons (Fsp3) is 0.667. The summed E-state index contributed by atoms with van der Waals surface area (Å²) in [5, 5.41) is 11.2. The lowest BCUT2D eigenvalue weighted by Gasteiger charge is -2.44. The first-order chi connectivity index (χ1) is 10.2. The fourth-order valence-corrected chi connectivity index (χ4v) is 3.86. The van der Waals surface area contributed by atoms with Crippen LogP contribution < -0.4 is 0 Å². The molecule has 2 aliphatic rings. The highest BCUT2D eigenvalue weighted by Gasteiger charge is 2.47. The first-order valence-corrected chi connectivity index (χ1v) is 8.14. The van der Waals surface area contributed by atoms with Crippen LogP contribution in [0.25, 0.3) is 0 Å². The number of hydrogen-bond acceptors (Lipinski definition) is 3. The summed E-state index contributed by atoms with van der Waals surface area (Å²) in [5.41, 5.74) is 0.439. The average molecular weight is 290 g/mol. The van der Waals surface area contributed by atoms with Crippen LogP contribution in [0.1, 0.15) is 38.2 Å². The van der Waals surface area contributed by atoms with Gasteiger partial charge in [0.25, 0.3) is 0 Å². The molecular weight excluding hydrogens is 264 g/mol. The van der Waals surface area contributed by atoms with Crippen molar-refractivity contribution in [2.24, 2.45) is 5.92 Å². The Hall–Kier alpha value is -0.900. The van der Waals surface area contributed by atoms with E-state index in [1.807, 2.05) is 18.2 Å². The van der Waals surface area contributed by atoms with Gasteiger partial charge in [0.2, 0.25) is 0 Å². The second kappa shape index (κ2) is 6.07. The number of benzene rings is 1. The minimum absolute atomic E-state index is 0.136. The molecule has 3 nitrogen and oxygen atoms in total. The van der Waals surface area contributed by atoms with E-state index in [1.165, 1.54) is 5.56 Å². The van der Waals surface area contributed by atoms with E-state index in [9.17, 15) is 5.11 Å². The predicted molar refractivity (Wildman–Crippen MR) is 82.2 cm³/mol. The van der Waals surface area contributed by atoms with Crippen molar-refractivity contribution in [3.05, 3.63) is 35.9 Å². The van der Waals surface area contributed by atoms with Crippen LogP contribution in [0, 0.1) is 5.92 Å². The van der Waals surface area contributed by atoms with E-state index < -0.39 is 5.60 Å². The van der Waals surface area contributed by atoms with Crippen molar-refractivity contribution in [1.29, 1.82) is 0 Å². The van der Waals surface area contributed by atoms with Crippen molar-refractivity contribution in [2.45, 2.75) is 50.2 Å². The van der Waals surface area contributed by atoms with Crippen molar-refractivity contribution in [3.8, 4) is 0 Å². The van der Waals surface area contributed by atoms with Crippen LogP contribution in [0.15, 0.2) is 30.3 Å².